The molecule has 1 fully saturated rings. The second-order valence-electron chi connectivity index (χ2n) is 8.74. The lowest BCUT2D eigenvalue weighted by Gasteiger charge is -2.30. The van der Waals surface area contributed by atoms with Crippen molar-refractivity contribution in [2.24, 2.45) is 0 Å². The van der Waals surface area contributed by atoms with E-state index < -0.39 is 12.1 Å². The molecular weight excluding hydrogens is 454 g/mol. The quantitative estimate of drug-likeness (QED) is 0.376. The number of anilines is 3. The molecule has 3 heterocycles. The molecule has 3 aromatic rings. The van der Waals surface area contributed by atoms with E-state index in [0.717, 1.165) is 36.9 Å². The number of carbonyl (C=O) groups excluding carboxylic acids is 1. The highest BCUT2D eigenvalue weighted by atomic mass is 35.5. The molecule has 0 saturated heterocycles. The summed E-state index contributed by atoms with van der Waals surface area (Å²) in [6, 6.07) is 11.1. The van der Waals surface area contributed by atoms with Crippen LogP contribution in [0.1, 0.15) is 53.3 Å². The smallest absolute Gasteiger partial charge is 0.270 e. The second-order valence-corrected chi connectivity index (χ2v) is 9.14. The SMILES string of the molecule is Nc1ccc(C(=O)N[C@H]2CCC[C@@H](Nc3ncc(Cl)c(C4c5ccccc5NC4O)n3)C2)nc1. The number of pyridine rings is 1. The lowest BCUT2D eigenvalue weighted by atomic mass is 9.91. The number of nitrogen functional groups attached to an aromatic ring is 1. The summed E-state index contributed by atoms with van der Waals surface area (Å²) in [5.41, 5.74) is 8.90. The number of para-hydroxylation sites is 1. The first kappa shape index (κ1) is 22.4. The van der Waals surface area contributed by atoms with Crippen LogP contribution in [0.5, 0.6) is 0 Å². The second kappa shape index (κ2) is 9.44. The largest absolute Gasteiger partial charge is 0.397 e. The van der Waals surface area contributed by atoms with Gasteiger partial charge >= 0.3 is 0 Å². The van der Waals surface area contributed by atoms with Gasteiger partial charge in [0.15, 0.2) is 0 Å². The number of carbonyl (C=O) groups is 1. The average Bonchev–Trinajstić information content (AvgIpc) is 3.16. The number of nitrogens with zero attached hydrogens (tertiary/aromatic N) is 3. The van der Waals surface area contributed by atoms with Gasteiger partial charge in [0.25, 0.3) is 5.91 Å². The van der Waals surface area contributed by atoms with E-state index in [2.05, 4.69) is 30.9 Å². The highest BCUT2D eigenvalue weighted by molar-refractivity contribution is 6.31. The fourth-order valence-electron chi connectivity index (χ4n) is 4.71. The topological polar surface area (TPSA) is 138 Å². The minimum atomic E-state index is -0.825. The molecule has 0 radical (unpaired) electrons. The van der Waals surface area contributed by atoms with Crippen LogP contribution in [0.15, 0.2) is 48.8 Å². The molecule has 10 heteroatoms. The van der Waals surface area contributed by atoms with Crippen molar-refractivity contribution in [2.75, 3.05) is 16.4 Å². The normalized spacial score (nSPS) is 23.6. The zero-order chi connectivity index (χ0) is 23.7. The molecule has 2 aliphatic rings. The first-order chi connectivity index (χ1) is 16.5. The molecule has 1 aliphatic carbocycles. The lowest BCUT2D eigenvalue weighted by molar-refractivity contribution is 0.0921. The van der Waals surface area contributed by atoms with Gasteiger partial charge in [-0.3, -0.25) is 4.79 Å². The predicted molar refractivity (Wildman–Crippen MR) is 131 cm³/mol. The van der Waals surface area contributed by atoms with E-state index in [-0.39, 0.29) is 18.0 Å². The number of aliphatic hydroxyl groups excluding tert-OH is 1. The first-order valence-corrected chi connectivity index (χ1v) is 11.7. The summed E-state index contributed by atoms with van der Waals surface area (Å²) in [6.07, 6.45) is 5.73. The number of fused-ring (bicyclic) bond motifs is 1. The summed E-state index contributed by atoms with van der Waals surface area (Å²) >= 11 is 6.45. The number of benzene rings is 1. The number of nitrogens with two attached hydrogens (primary N) is 1. The molecule has 4 atom stereocenters. The van der Waals surface area contributed by atoms with Crippen molar-refractivity contribution in [1.29, 1.82) is 0 Å². The van der Waals surface area contributed by atoms with Gasteiger partial charge in [0.2, 0.25) is 5.95 Å². The van der Waals surface area contributed by atoms with Crippen molar-refractivity contribution in [2.45, 2.75) is 49.9 Å². The summed E-state index contributed by atoms with van der Waals surface area (Å²) in [4.78, 5) is 25.7. The van der Waals surface area contributed by atoms with E-state index in [9.17, 15) is 9.90 Å². The van der Waals surface area contributed by atoms with Crippen LogP contribution in [-0.2, 0) is 0 Å². The van der Waals surface area contributed by atoms with Crippen LogP contribution in [0, 0.1) is 0 Å². The molecule has 5 rings (SSSR count). The van der Waals surface area contributed by atoms with E-state index >= 15 is 0 Å². The van der Waals surface area contributed by atoms with Crippen LogP contribution >= 0.6 is 11.6 Å². The molecular formula is C24H26ClN7O2. The van der Waals surface area contributed by atoms with Crippen LogP contribution < -0.4 is 21.7 Å². The molecule has 1 aliphatic heterocycles. The number of aromatic nitrogens is 3. The molecule has 1 aromatic carbocycles. The Hall–Kier alpha value is -3.43. The monoisotopic (exact) mass is 479 g/mol. The third kappa shape index (κ3) is 4.62. The molecule has 2 aromatic heterocycles. The fourth-order valence-corrected chi connectivity index (χ4v) is 4.92. The number of hydrogen-bond acceptors (Lipinski definition) is 8. The van der Waals surface area contributed by atoms with E-state index in [1.54, 1.807) is 18.3 Å². The maximum absolute atomic E-state index is 12.5. The van der Waals surface area contributed by atoms with E-state index in [1.807, 2.05) is 24.3 Å². The summed E-state index contributed by atoms with van der Waals surface area (Å²) in [6.45, 7) is 0. The Balaban J connectivity index is 1.27. The van der Waals surface area contributed by atoms with Crippen LogP contribution in [0.3, 0.4) is 0 Å². The van der Waals surface area contributed by atoms with E-state index in [1.165, 1.54) is 6.20 Å². The predicted octanol–water partition coefficient (Wildman–Crippen LogP) is 3.14. The number of halogens is 1. The Morgan fingerprint density at radius 2 is 1.94 bits per heavy atom. The Bertz CT molecular complexity index is 1190. The zero-order valence-corrected chi connectivity index (χ0v) is 19.2. The molecule has 1 saturated carbocycles. The summed E-state index contributed by atoms with van der Waals surface area (Å²) in [7, 11) is 0. The van der Waals surface area contributed by atoms with Crippen molar-refractivity contribution in [3.05, 3.63) is 70.8 Å². The third-order valence-corrected chi connectivity index (χ3v) is 6.63. The molecule has 176 valence electrons. The van der Waals surface area contributed by atoms with Gasteiger partial charge in [-0.25, -0.2) is 15.0 Å². The van der Waals surface area contributed by atoms with Gasteiger partial charge in [-0.1, -0.05) is 29.8 Å². The Morgan fingerprint density at radius 3 is 2.76 bits per heavy atom. The van der Waals surface area contributed by atoms with Gasteiger partial charge in [-0.15, -0.1) is 0 Å². The molecule has 6 N–H and O–H groups in total. The number of rotatable bonds is 5. The third-order valence-electron chi connectivity index (χ3n) is 6.34. The molecule has 0 bridgehead atoms. The van der Waals surface area contributed by atoms with Crippen LogP contribution in [0.2, 0.25) is 5.02 Å². The van der Waals surface area contributed by atoms with Crippen molar-refractivity contribution < 1.29 is 9.90 Å². The fraction of sp³-hybridized carbons (Fsp3) is 0.333. The maximum Gasteiger partial charge on any atom is 0.270 e. The maximum atomic E-state index is 12.5. The Kier molecular flexibility index (Phi) is 6.21. The zero-order valence-electron chi connectivity index (χ0n) is 18.4. The van der Waals surface area contributed by atoms with Crippen molar-refractivity contribution >= 4 is 34.8 Å². The van der Waals surface area contributed by atoms with Crippen molar-refractivity contribution in [1.82, 2.24) is 20.3 Å². The Morgan fingerprint density at radius 1 is 1.12 bits per heavy atom. The van der Waals surface area contributed by atoms with Gasteiger partial charge in [0.1, 0.15) is 11.9 Å². The number of hydrogen-bond donors (Lipinski definition) is 5. The Labute approximate surface area is 202 Å². The number of amides is 1. The van der Waals surface area contributed by atoms with Gasteiger partial charge in [0.05, 0.1) is 34.7 Å². The molecule has 34 heavy (non-hydrogen) atoms. The summed E-state index contributed by atoms with van der Waals surface area (Å²) < 4.78 is 0. The highest BCUT2D eigenvalue weighted by Gasteiger charge is 2.35. The minimum Gasteiger partial charge on any atom is -0.397 e. The minimum absolute atomic E-state index is 0.0117. The van der Waals surface area contributed by atoms with Crippen LogP contribution in [0.25, 0.3) is 0 Å². The standard InChI is InChI=1S/C24H26ClN7O2/c25-17-12-28-24(32-21(17)20-16-6-1-2-7-18(16)31-23(20)34)30-15-5-3-4-14(10-15)29-22(33)19-9-8-13(26)11-27-19/h1-2,6-9,11-12,14-15,20,23,31,34H,3-5,10,26H2,(H,29,33)(H,28,30,32)/t14-,15+,20?,23?/m0/s1. The first-order valence-electron chi connectivity index (χ1n) is 11.3. The molecule has 1 amide bonds. The molecule has 0 spiro atoms. The highest BCUT2D eigenvalue weighted by Crippen LogP contribution is 2.41. The van der Waals surface area contributed by atoms with Crippen molar-refractivity contribution in [3.63, 3.8) is 0 Å². The summed E-state index contributed by atoms with van der Waals surface area (Å²) in [5, 5.41) is 20.6. The van der Waals surface area contributed by atoms with Gasteiger partial charge in [-0.05, 0) is 49.4 Å². The number of aliphatic hydroxyl groups is 1. The lowest BCUT2D eigenvalue weighted by Crippen LogP contribution is -2.42. The van der Waals surface area contributed by atoms with Gasteiger partial charge in [-0.2, -0.15) is 0 Å². The summed E-state index contributed by atoms with van der Waals surface area (Å²) in [5.74, 6) is -0.150. The number of nitrogens with one attached hydrogen (secondary N) is 3. The van der Waals surface area contributed by atoms with Crippen molar-refractivity contribution in [3.8, 4) is 0 Å². The van der Waals surface area contributed by atoms with Gasteiger partial charge in [0, 0.05) is 17.8 Å². The van der Waals surface area contributed by atoms with E-state index in [4.69, 9.17) is 17.3 Å². The van der Waals surface area contributed by atoms with Crippen LogP contribution in [0.4, 0.5) is 17.3 Å². The van der Waals surface area contributed by atoms with Crippen LogP contribution in [-0.4, -0.2) is 44.3 Å². The van der Waals surface area contributed by atoms with Gasteiger partial charge < -0.3 is 26.8 Å². The van der Waals surface area contributed by atoms with E-state index in [0.29, 0.717) is 28.0 Å². The average molecular weight is 480 g/mol. The molecule has 2 unspecified atom stereocenters. The molecule has 9 nitrogen and oxygen atoms in total.